The number of nitrogens with zero attached hydrogens (tertiary/aromatic N) is 2. The maximum atomic E-state index is 12.9. The number of nitrogens with one attached hydrogen (secondary N) is 1. The summed E-state index contributed by atoms with van der Waals surface area (Å²) < 4.78 is 58.8. The SMILES string of the molecule is Cc1ccc(N2C(=O)CCS2(=O)=O)cc1S(=O)(=O)NC[C@H](c1ccco1)N(C)C. The summed E-state index contributed by atoms with van der Waals surface area (Å²) in [4.78, 5) is 13.8. The zero-order valence-electron chi connectivity index (χ0n) is 16.3. The van der Waals surface area contributed by atoms with E-state index in [-0.39, 0.29) is 35.3 Å². The van der Waals surface area contributed by atoms with Gasteiger partial charge in [-0.3, -0.25) is 9.69 Å². The Morgan fingerprint density at radius 2 is 2.00 bits per heavy atom. The number of benzene rings is 1. The van der Waals surface area contributed by atoms with Crippen LogP contribution in [0.25, 0.3) is 0 Å². The number of hydrogen-bond donors (Lipinski definition) is 1. The second kappa shape index (κ2) is 7.90. The van der Waals surface area contributed by atoms with Crippen LogP contribution < -0.4 is 9.03 Å². The molecular weight excluding hydrogens is 418 g/mol. The molecule has 9 nitrogen and oxygen atoms in total. The van der Waals surface area contributed by atoms with Crippen LogP contribution in [0.5, 0.6) is 0 Å². The molecule has 11 heteroatoms. The zero-order valence-corrected chi connectivity index (χ0v) is 18.0. The van der Waals surface area contributed by atoms with Crippen LogP contribution in [-0.4, -0.2) is 54.0 Å². The molecule has 1 N–H and O–H groups in total. The molecule has 1 aromatic carbocycles. The third-order valence-electron chi connectivity index (χ3n) is 4.74. The van der Waals surface area contributed by atoms with Crippen LogP contribution in [0, 0.1) is 6.92 Å². The fourth-order valence-corrected chi connectivity index (χ4v) is 5.91. The smallest absolute Gasteiger partial charge is 0.242 e. The lowest BCUT2D eigenvalue weighted by Crippen LogP contribution is -2.35. The molecule has 0 radical (unpaired) electrons. The van der Waals surface area contributed by atoms with E-state index in [0.717, 1.165) is 0 Å². The highest BCUT2D eigenvalue weighted by Gasteiger charge is 2.37. The minimum atomic E-state index is -3.97. The molecule has 1 aromatic heterocycles. The molecule has 0 saturated carbocycles. The molecule has 0 aliphatic carbocycles. The second-order valence-electron chi connectivity index (χ2n) is 7.02. The fourth-order valence-electron chi connectivity index (χ4n) is 3.16. The molecule has 158 valence electrons. The van der Waals surface area contributed by atoms with Crippen LogP contribution >= 0.6 is 0 Å². The quantitative estimate of drug-likeness (QED) is 0.687. The van der Waals surface area contributed by atoms with Gasteiger partial charge in [0.1, 0.15) is 5.76 Å². The Morgan fingerprint density at radius 3 is 2.55 bits per heavy atom. The Hall–Kier alpha value is -2.21. The predicted molar refractivity (Wildman–Crippen MR) is 107 cm³/mol. The average molecular weight is 442 g/mol. The summed E-state index contributed by atoms with van der Waals surface area (Å²) in [7, 11) is -4.14. The van der Waals surface area contributed by atoms with E-state index in [1.807, 2.05) is 4.90 Å². The van der Waals surface area contributed by atoms with Crippen LogP contribution in [0.4, 0.5) is 5.69 Å². The Kier molecular flexibility index (Phi) is 5.86. The third-order valence-corrected chi connectivity index (χ3v) is 7.99. The lowest BCUT2D eigenvalue weighted by molar-refractivity contribution is -0.116. The molecule has 1 fully saturated rings. The van der Waals surface area contributed by atoms with Crippen molar-refractivity contribution in [3.8, 4) is 0 Å². The summed E-state index contributed by atoms with van der Waals surface area (Å²) in [6.45, 7) is 1.65. The summed E-state index contributed by atoms with van der Waals surface area (Å²) in [6.07, 6.45) is 1.39. The van der Waals surface area contributed by atoms with Gasteiger partial charge < -0.3 is 4.42 Å². The first-order chi connectivity index (χ1) is 13.5. The molecule has 1 atom stereocenters. The zero-order chi connectivity index (χ0) is 21.4. The first kappa shape index (κ1) is 21.5. The van der Waals surface area contributed by atoms with Crippen molar-refractivity contribution in [1.82, 2.24) is 9.62 Å². The number of likely N-dealkylation sites (N-methyl/N-ethyl adjacent to an activating group) is 1. The van der Waals surface area contributed by atoms with E-state index in [0.29, 0.717) is 15.6 Å². The van der Waals surface area contributed by atoms with E-state index in [1.54, 1.807) is 33.2 Å². The fraction of sp³-hybridized carbons (Fsp3) is 0.389. The van der Waals surface area contributed by atoms with Gasteiger partial charge in [-0.15, -0.1) is 0 Å². The summed E-state index contributed by atoms with van der Waals surface area (Å²) in [5.74, 6) is -0.249. The maximum Gasteiger partial charge on any atom is 0.242 e. The van der Waals surface area contributed by atoms with Crippen molar-refractivity contribution in [3.05, 3.63) is 47.9 Å². The maximum absolute atomic E-state index is 12.9. The summed E-state index contributed by atoms with van der Waals surface area (Å²) in [5, 5.41) is 0. The van der Waals surface area contributed by atoms with Crippen molar-refractivity contribution < 1.29 is 26.0 Å². The first-order valence-corrected chi connectivity index (χ1v) is 12.0. The lowest BCUT2D eigenvalue weighted by atomic mass is 10.2. The predicted octanol–water partition coefficient (Wildman–Crippen LogP) is 1.24. The van der Waals surface area contributed by atoms with Crippen LogP contribution in [0.15, 0.2) is 45.9 Å². The van der Waals surface area contributed by atoms with E-state index >= 15 is 0 Å². The van der Waals surface area contributed by atoms with E-state index in [4.69, 9.17) is 4.42 Å². The van der Waals surface area contributed by atoms with Crippen LogP contribution in [-0.2, 0) is 24.8 Å². The molecule has 2 heterocycles. The monoisotopic (exact) mass is 441 g/mol. The van der Waals surface area contributed by atoms with Crippen molar-refractivity contribution in [2.45, 2.75) is 24.3 Å². The Labute approximate surface area is 170 Å². The number of hydrogen-bond acceptors (Lipinski definition) is 7. The summed E-state index contributed by atoms with van der Waals surface area (Å²) in [6, 6.07) is 7.29. The minimum Gasteiger partial charge on any atom is -0.468 e. The number of carbonyl (C=O) groups is 1. The molecule has 0 bridgehead atoms. The molecule has 2 aromatic rings. The van der Waals surface area contributed by atoms with E-state index in [9.17, 15) is 21.6 Å². The van der Waals surface area contributed by atoms with Gasteiger partial charge in [0.15, 0.2) is 0 Å². The van der Waals surface area contributed by atoms with E-state index < -0.39 is 26.0 Å². The van der Waals surface area contributed by atoms with E-state index in [1.165, 1.54) is 24.5 Å². The standard InChI is InChI=1S/C18H23N3O6S2/c1-13-6-7-14(21-18(22)8-10-28(21,23)24)11-17(13)29(25,26)19-12-15(20(2)3)16-5-4-9-27-16/h4-7,9,11,15,19H,8,10,12H2,1-3H3/t15-/m1/s1. The number of furan rings is 1. The van der Waals surface area contributed by atoms with Crippen molar-refractivity contribution in [3.63, 3.8) is 0 Å². The third kappa shape index (κ3) is 4.37. The summed E-state index contributed by atoms with van der Waals surface area (Å²) >= 11 is 0. The second-order valence-corrected chi connectivity index (χ2v) is 10.7. The van der Waals surface area contributed by atoms with Gasteiger partial charge in [-0.1, -0.05) is 6.07 Å². The van der Waals surface area contributed by atoms with Crippen molar-refractivity contribution in [2.75, 3.05) is 30.7 Å². The van der Waals surface area contributed by atoms with Crippen LogP contribution in [0.3, 0.4) is 0 Å². The Morgan fingerprint density at radius 1 is 1.28 bits per heavy atom. The largest absolute Gasteiger partial charge is 0.468 e. The topological polar surface area (TPSA) is 117 Å². The van der Waals surface area contributed by atoms with Gasteiger partial charge >= 0.3 is 0 Å². The number of sulfonamides is 2. The number of rotatable bonds is 7. The minimum absolute atomic E-state index is 0.0219. The Balaban J connectivity index is 1.90. The molecule has 1 saturated heterocycles. The number of aryl methyl sites for hydroxylation is 1. The highest BCUT2D eigenvalue weighted by molar-refractivity contribution is 7.94. The molecule has 1 aliphatic heterocycles. The molecule has 29 heavy (non-hydrogen) atoms. The van der Waals surface area contributed by atoms with Gasteiger partial charge in [0, 0.05) is 13.0 Å². The number of carbonyl (C=O) groups excluding carboxylic acids is 1. The van der Waals surface area contributed by atoms with Crippen LogP contribution in [0.2, 0.25) is 0 Å². The van der Waals surface area contributed by atoms with Crippen molar-refractivity contribution in [2.24, 2.45) is 0 Å². The molecule has 1 aliphatic rings. The Bertz CT molecular complexity index is 1110. The van der Waals surface area contributed by atoms with Gasteiger partial charge in [-0.05, 0) is 50.8 Å². The van der Waals surface area contributed by atoms with Gasteiger partial charge in [-0.2, -0.15) is 0 Å². The van der Waals surface area contributed by atoms with E-state index in [2.05, 4.69) is 4.72 Å². The normalized spacial score (nSPS) is 17.8. The number of amides is 1. The highest BCUT2D eigenvalue weighted by Crippen LogP contribution is 2.29. The molecule has 3 rings (SSSR count). The number of anilines is 1. The van der Waals surface area contributed by atoms with Crippen molar-refractivity contribution in [1.29, 1.82) is 0 Å². The lowest BCUT2D eigenvalue weighted by Gasteiger charge is -2.23. The first-order valence-electron chi connectivity index (χ1n) is 8.89. The molecule has 0 spiro atoms. The van der Waals surface area contributed by atoms with Crippen LogP contribution in [0.1, 0.15) is 23.8 Å². The highest BCUT2D eigenvalue weighted by atomic mass is 32.2. The average Bonchev–Trinajstić information content (AvgIpc) is 3.24. The molecule has 0 unspecified atom stereocenters. The van der Waals surface area contributed by atoms with Gasteiger partial charge in [0.25, 0.3) is 0 Å². The molecule has 1 amide bonds. The van der Waals surface area contributed by atoms with Crippen molar-refractivity contribution >= 4 is 31.6 Å². The van der Waals surface area contributed by atoms with Gasteiger partial charge in [-0.25, -0.2) is 25.9 Å². The summed E-state index contributed by atoms with van der Waals surface area (Å²) in [5.41, 5.74) is 0.457. The molecular formula is C18H23N3O6S2. The van der Waals surface area contributed by atoms with Gasteiger partial charge in [0.2, 0.25) is 26.0 Å². The van der Waals surface area contributed by atoms with Gasteiger partial charge in [0.05, 0.1) is 28.6 Å².